The Morgan fingerprint density at radius 3 is 2.43 bits per heavy atom. The topological polar surface area (TPSA) is 88.2 Å². The van der Waals surface area contributed by atoms with Crippen molar-refractivity contribution in [2.24, 2.45) is 0 Å². The number of carbonyl (C=O) groups excluding carboxylic acids is 1. The molecule has 2 aromatic rings. The highest BCUT2D eigenvalue weighted by Gasteiger charge is 2.09. The van der Waals surface area contributed by atoms with E-state index in [0.29, 0.717) is 17.7 Å². The summed E-state index contributed by atoms with van der Waals surface area (Å²) in [6.07, 6.45) is 3.10. The lowest BCUT2D eigenvalue weighted by Gasteiger charge is -2.07. The second-order valence-electron chi connectivity index (χ2n) is 4.85. The van der Waals surface area contributed by atoms with E-state index < -0.39 is 10.0 Å². The van der Waals surface area contributed by atoms with E-state index in [1.807, 2.05) is 0 Å². The van der Waals surface area contributed by atoms with Gasteiger partial charge in [0.1, 0.15) is 0 Å². The molecule has 0 aliphatic heterocycles. The normalized spacial score (nSPS) is 11.2. The molecule has 6 nitrogen and oxygen atoms in total. The number of rotatable bonds is 6. The lowest BCUT2D eigenvalue weighted by molar-refractivity contribution is 0.0950. The highest BCUT2D eigenvalue weighted by atomic mass is 79.9. The second-order valence-corrected chi connectivity index (χ2v) is 7.70. The Labute approximate surface area is 143 Å². The predicted molar refractivity (Wildman–Crippen MR) is 91.2 cm³/mol. The Morgan fingerprint density at radius 2 is 1.83 bits per heavy atom. The lowest BCUT2D eigenvalue weighted by atomic mass is 10.1. The predicted octanol–water partition coefficient (Wildman–Crippen LogP) is 1.82. The third-order valence-corrected chi connectivity index (χ3v) is 4.88. The van der Waals surface area contributed by atoms with Gasteiger partial charge in [-0.15, -0.1) is 0 Å². The Kier molecular flexibility index (Phi) is 5.86. The van der Waals surface area contributed by atoms with Gasteiger partial charge in [0.05, 0.1) is 11.3 Å². The molecule has 23 heavy (non-hydrogen) atoms. The molecule has 2 rings (SSSR count). The highest BCUT2D eigenvalue weighted by molar-refractivity contribution is 9.10. The van der Waals surface area contributed by atoms with Gasteiger partial charge in [-0.05, 0) is 40.2 Å². The molecule has 0 radical (unpaired) electrons. The SMILES string of the molecule is CNS(=O)(=O)Cc1ccc(CNC(=O)c2cncc(Br)c2)cc1. The minimum absolute atomic E-state index is 0.0696. The first-order valence-corrected chi connectivity index (χ1v) is 9.22. The van der Waals surface area contributed by atoms with E-state index in [1.165, 1.54) is 13.2 Å². The van der Waals surface area contributed by atoms with E-state index in [0.717, 1.165) is 10.0 Å². The maximum atomic E-state index is 12.0. The van der Waals surface area contributed by atoms with Crippen LogP contribution < -0.4 is 10.0 Å². The van der Waals surface area contributed by atoms with Crippen LogP contribution in [-0.4, -0.2) is 26.4 Å². The van der Waals surface area contributed by atoms with Gasteiger partial charge in [0.25, 0.3) is 5.91 Å². The quantitative estimate of drug-likeness (QED) is 0.777. The number of pyridine rings is 1. The van der Waals surface area contributed by atoms with Crippen molar-refractivity contribution in [2.75, 3.05) is 7.05 Å². The maximum absolute atomic E-state index is 12.0. The van der Waals surface area contributed by atoms with Gasteiger partial charge in [-0.3, -0.25) is 9.78 Å². The Hall–Kier alpha value is -1.77. The van der Waals surface area contributed by atoms with E-state index in [4.69, 9.17) is 0 Å². The van der Waals surface area contributed by atoms with Crippen molar-refractivity contribution in [3.05, 3.63) is 63.9 Å². The number of amides is 1. The van der Waals surface area contributed by atoms with Gasteiger partial charge in [0, 0.05) is 23.4 Å². The molecule has 0 saturated carbocycles. The van der Waals surface area contributed by atoms with E-state index in [-0.39, 0.29) is 11.7 Å². The maximum Gasteiger partial charge on any atom is 0.253 e. The van der Waals surface area contributed by atoms with Crippen LogP contribution in [0.4, 0.5) is 0 Å². The molecule has 0 unspecified atom stereocenters. The van der Waals surface area contributed by atoms with Gasteiger partial charge in [-0.2, -0.15) is 0 Å². The van der Waals surface area contributed by atoms with Crippen LogP contribution in [0.25, 0.3) is 0 Å². The van der Waals surface area contributed by atoms with Crippen molar-refractivity contribution in [1.29, 1.82) is 0 Å². The molecule has 0 aliphatic rings. The number of sulfonamides is 1. The van der Waals surface area contributed by atoms with Gasteiger partial charge in [-0.25, -0.2) is 13.1 Å². The smallest absolute Gasteiger partial charge is 0.253 e. The lowest BCUT2D eigenvalue weighted by Crippen LogP contribution is -2.23. The summed E-state index contributed by atoms with van der Waals surface area (Å²) in [7, 11) is -1.90. The number of halogens is 1. The Balaban J connectivity index is 1.95. The van der Waals surface area contributed by atoms with Gasteiger partial charge < -0.3 is 5.32 Å². The summed E-state index contributed by atoms with van der Waals surface area (Å²) in [5, 5.41) is 2.79. The standard InChI is InChI=1S/C15H16BrN3O3S/c1-17-23(21,22)10-12-4-2-11(3-5-12)7-19-15(20)13-6-14(16)9-18-8-13/h2-6,8-9,17H,7,10H2,1H3,(H,19,20). The summed E-state index contributed by atoms with van der Waals surface area (Å²) in [5.41, 5.74) is 2.04. The van der Waals surface area contributed by atoms with Crippen molar-refractivity contribution >= 4 is 31.9 Å². The molecule has 1 amide bonds. The van der Waals surface area contributed by atoms with Crippen molar-refractivity contribution in [3.8, 4) is 0 Å². The minimum atomic E-state index is -3.28. The van der Waals surface area contributed by atoms with Crippen LogP contribution in [0.2, 0.25) is 0 Å². The molecule has 1 aromatic carbocycles. The van der Waals surface area contributed by atoms with Gasteiger partial charge >= 0.3 is 0 Å². The molecule has 8 heteroatoms. The Morgan fingerprint density at radius 1 is 1.17 bits per heavy atom. The number of aromatic nitrogens is 1. The number of nitrogens with one attached hydrogen (secondary N) is 2. The Bertz CT molecular complexity index is 792. The van der Waals surface area contributed by atoms with Crippen molar-refractivity contribution < 1.29 is 13.2 Å². The summed E-state index contributed by atoms with van der Waals surface area (Å²) < 4.78 is 26.0. The summed E-state index contributed by atoms with van der Waals surface area (Å²) in [6.45, 7) is 0.352. The third kappa shape index (κ3) is 5.42. The molecule has 0 saturated heterocycles. The van der Waals surface area contributed by atoms with E-state index >= 15 is 0 Å². The molecular formula is C15H16BrN3O3S. The summed E-state index contributed by atoms with van der Waals surface area (Å²) in [4.78, 5) is 15.9. The van der Waals surface area contributed by atoms with Crippen LogP contribution in [-0.2, 0) is 22.3 Å². The van der Waals surface area contributed by atoms with Crippen molar-refractivity contribution in [1.82, 2.24) is 15.0 Å². The largest absolute Gasteiger partial charge is 0.348 e. The third-order valence-electron chi connectivity index (χ3n) is 3.11. The average Bonchev–Trinajstić information content (AvgIpc) is 2.53. The van der Waals surface area contributed by atoms with Crippen LogP contribution >= 0.6 is 15.9 Å². The summed E-state index contributed by atoms with van der Waals surface area (Å²) in [6, 6.07) is 8.74. The molecule has 0 spiro atoms. The zero-order valence-corrected chi connectivity index (χ0v) is 14.8. The molecule has 0 fully saturated rings. The zero-order chi connectivity index (χ0) is 16.9. The first-order valence-electron chi connectivity index (χ1n) is 6.77. The molecular weight excluding hydrogens is 382 g/mol. The van der Waals surface area contributed by atoms with E-state index in [9.17, 15) is 13.2 Å². The van der Waals surface area contributed by atoms with Crippen molar-refractivity contribution in [2.45, 2.75) is 12.3 Å². The number of hydrogen-bond donors (Lipinski definition) is 2. The highest BCUT2D eigenvalue weighted by Crippen LogP contribution is 2.10. The molecule has 0 atom stereocenters. The van der Waals surface area contributed by atoms with Crippen LogP contribution in [0.1, 0.15) is 21.5 Å². The second kappa shape index (κ2) is 7.67. The molecule has 2 N–H and O–H groups in total. The van der Waals surface area contributed by atoms with Gasteiger partial charge in [0.2, 0.25) is 10.0 Å². The minimum Gasteiger partial charge on any atom is -0.348 e. The first-order chi connectivity index (χ1) is 10.9. The van der Waals surface area contributed by atoms with Crippen LogP contribution in [0.15, 0.2) is 47.2 Å². The number of hydrogen-bond acceptors (Lipinski definition) is 4. The van der Waals surface area contributed by atoms with E-state index in [2.05, 4.69) is 31.0 Å². The fourth-order valence-electron chi connectivity index (χ4n) is 1.87. The van der Waals surface area contributed by atoms with Crippen LogP contribution in [0.5, 0.6) is 0 Å². The van der Waals surface area contributed by atoms with Gasteiger partial charge in [-0.1, -0.05) is 24.3 Å². The summed E-state index contributed by atoms with van der Waals surface area (Å²) in [5.74, 6) is -0.291. The first kappa shape index (κ1) is 17.6. The number of carbonyl (C=O) groups is 1. The molecule has 0 aliphatic carbocycles. The molecule has 122 valence electrons. The fourth-order valence-corrected chi connectivity index (χ4v) is 3.01. The van der Waals surface area contributed by atoms with E-state index in [1.54, 1.807) is 36.5 Å². The number of benzene rings is 1. The van der Waals surface area contributed by atoms with Crippen molar-refractivity contribution in [3.63, 3.8) is 0 Å². The monoisotopic (exact) mass is 397 g/mol. The van der Waals surface area contributed by atoms with Crippen LogP contribution in [0, 0.1) is 0 Å². The average molecular weight is 398 g/mol. The number of nitrogens with zero attached hydrogens (tertiary/aromatic N) is 1. The van der Waals surface area contributed by atoms with Gasteiger partial charge in [0.15, 0.2) is 0 Å². The van der Waals surface area contributed by atoms with Crippen LogP contribution in [0.3, 0.4) is 0 Å². The molecule has 1 aromatic heterocycles. The zero-order valence-electron chi connectivity index (χ0n) is 12.4. The molecule has 1 heterocycles. The fraction of sp³-hybridized carbons (Fsp3) is 0.200. The molecule has 0 bridgehead atoms. The summed E-state index contributed by atoms with van der Waals surface area (Å²) >= 11 is 3.27.